The van der Waals surface area contributed by atoms with Crippen molar-refractivity contribution in [3.63, 3.8) is 0 Å². The predicted molar refractivity (Wildman–Crippen MR) is 521 cm³/mol. The van der Waals surface area contributed by atoms with Gasteiger partial charge in [-0.25, -0.2) is 32.1 Å². The molecule has 3 rings (SSSR count). The summed E-state index contributed by atoms with van der Waals surface area (Å²) >= 11 is 0. The number of sulfonamides is 1. The summed E-state index contributed by atoms with van der Waals surface area (Å²) in [6.07, 6.45) is 33.6. The van der Waals surface area contributed by atoms with E-state index < -0.39 is 165 Å². The number of nitrogens with two attached hydrogens (primary N) is 1. The zero-order valence-corrected chi connectivity index (χ0v) is 83.9. The molecule has 1 heterocycles. The molecular formula is C98H154N8O23P2S. The Morgan fingerprint density at radius 1 is 0.561 bits per heavy atom. The number of aliphatic hydroxyl groups is 3. The number of aliphatic hydroxyl groups excluding tert-OH is 3. The number of allylic oxidation sites excluding steroid dienone is 21. The second kappa shape index (κ2) is 60.1. The van der Waals surface area contributed by atoms with E-state index in [0.717, 1.165) is 148 Å². The lowest BCUT2D eigenvalue weighted by atomic mass is 9.91. The average molecular weight is 1910 g/mol. The number of aliphatic carboxylic acids is 2. The maximum atomic E-state index is 14.9. The summed E-state index contributed by atoms with van der Waals surface area (Å²) in [5.74, 6) is -10.4. The van der Waals surface area contributed by atoms with Gasteiger partial charge in [-0.1, -0.05) is 152 Å². The number of hydrogen-bond acceptors (Lipinski definition) is 22. The minimum Gasteiger partial charge on any atom is -0.480 e. The lowest BCUT2D eigenvalue weighted by Crippen LogP contribution is -2.65. The number of nitrogens with one attached hydrogen (secondary N) is 5. The van der Waals surface area contributed by atoms with Crippen LogP contribution in [0.5, 0.6) is 0 Å². The van der Waals surface area contributed by atoms with Gasteiger partial charge in [-0.3, -0.25) is 38.2 Å². The molecule has 1 aliphatic rings. The first-order chi connectivity index (χ1) is 61.9. The van der Waals surface area contributed by atoms with E-state index in [9.17, 15) is 86.4 Å². The van der Waals surface area contributed by atoms with Gasteiger partial charge in [0, 0.05) is 50.4 Å². The molecule has 0 aromatic heterocycles. The van der Waals surface area contributed by atoms with Gasteiger partial charge in [0.05, 0.1) is 24.2 Å². The molecule has 0 saturated carbocycles. The Labute approximate surface area is 783 Å². The number of Topliss-reactive ketones (excluding diaryl/α,β-unsaturated/α-hetero) is 1. The van der Waals surface area contributed by atoms with Crippen molar-refractivity contribution in [3.8, 4) is 0 Å². The lowest BCUT2D eigenvalue weighted by molar-refractivity contribution is -0.261. The number of carboxylic acid groups (broad SMARTS) is 2. The summed E-state index contributed by atoms with van der Waals surface area (Å²) in [6.45, 7) is 29.2. The number of unbranched alkanes of at least 4 members (excludes halogenated alkanes) is 1. The summed E-state index contributed by atoms with van der Waals surface area (Å²) in [6, 6.07) is 1.67. The van der Waals surface area contributed by atoms with Gasteiger partial charge < -0.3 is 76.3 Å². The van der Waals surface area contributed by atoms with Gasteiger partial charge in [0.25, 0.3) is 0 Å². The number of carbonyl (C=O) groups excluding carboxylic acids is 5. The van der Waals surface area contributed by atoms with Gasteiger partial charge in [-0.2, -0.15) is 4.31 Å². The fraction of sp³-hybridized carbons (Fsp3) is 0.592. The number of benzene rings is 2. The van der Waals surface area contributed by atoms with Crippen LogP contribution in [-0.2, 0) is 75.5 Å². The molecule has 1 saturated heterocycles. The smallest absolute Gasteiger partial charge is 0.480 e. The number of carbonyl (C=O) groups is 7. The molecule has 13 atom stereocenters. The van der Waals surface area contributed by atoms with Gasteiger partial charge >= 0.3 is 27.6 Å². The molecule has 3 unspecified atom stereocenters. The highest BCUT2D eigenvalue weighted by Gasteiger charge is 2.52. The second-order valence-electron chi connectivity index (χ2n) is 35.5. The van der Waals surface area contributed by atoms with Crippen molar-refractivity contribution in [2.75, 3.05) is 38.8 Å². The predicted octanol–water partition coefficient (Wildman–Crippen LogP) is 16.7. The van der Waals surface area contributed by atoms with E-state index in [2.05, 4.69) is 165 Å². The summed E-state index contributed by atoms with van der Waals surface area (Å²) in [5.41, 5.74) is 18.5. The van der Waals surface area contributed by atoms with E-state index in [-0.39, 0.29) is 30.7 Å². The zero-order valence-electron chi connectivity index (χ0n) is 81.3. The van der Waals surface area contributed by atoms with Crippen LogP contribution in [-0.4, -0.2) is 191 Å². The Morgan fingerprint density at radius 2 is 0.985 bits per heavy atom. The molecule has 0 aliphatic carbocycles. The van der Waals surface area contributed by atoms with E-state index in [4.69, 9.17) is 24.3 Å². The molecule has 4 amide bonds. The number of rotatable bonds is 62. The number of anilines is 1. The number of nitrogens with zero attached hydrogens (tertiary/aromatic N) is 2. The third-order valence-electron chi connectivity index (χ3n) is 22.6. The lowest BCUT2D eigenvalue weighted by Gasteiger charge is -2.42. The number of carboxylic acids is 2. The number of phosphoric acid groups is 2. The molecule has 34 heteroatoms. The van der Waals surface area contributed by atoms with Crippen LogP contribution in [0.2, 0.25) is 0 Å². The molecule has 31 nitrogen and oxygen atoms in total. The number of amides is 4. The monoisotopic (exact) mass is 1910 g/mol. The van der Waals surface area contributed by atoms with Crippen LogP contribution in [0.3, 0.4) is 0 Å². The van der Waals surface area contributed by atoms with Crippen LogP contribution in [0, 0.1) is 0 Å². The van der Waals surface area contributed by atoms with Gasteiger partial charge in [0.1, 0.15) is 42.5 Å². The quantitative estimate of drug-likeness (QED) is 0.00961. The van der Waals surface area contributed by atoms with Crippen molar-refractivity contribution in [3.05, 3.63) is 165 Å². The number of fused-ring (bicyclic) bond motifs is 1. The van der Waals surface area contributed by atoms with Crippen molar-refractivity contribution in [2.24, 2.45) is 10.7 Å². The molecule has 2 aromatic rings. The fourth-order valence-electron chi connectivity index (χ4n) is 14.5. The van der Waals surface area contributed by atoms with Crippen LogP contribution >= 0.6 is 15.6 Å². The molecule has 0 spiro atoms. The highest BCUT2D eigenvalue weighted by Crippen LogP contribution is 2.61. The van der Waals surface area contributed by atoms with Crippen molar-refractivity contribution in [2.45, 2.75) is 350 Å². The molecule has 740 valence electrons. The normalized spacial score (nSPS) is 19.4. The Hall–Kier alpha value is -8.43. The molecule has 1 fully saturated rings. The van der Waals surface area contributed by atoms with Crippen molar-refractivity contribution in [1.82, 2.24) is 26.0 Å². The molecule has 14 N–H and O–H groups in total. The number of hydrogen-bond donors (Lipinski definition) is 13. The first-order valence-electron chi connectivity index (χ1n) is 45.8. The Kier molecular flexibility index (Phi) is 53.6. The van der Waals surface area contributed by atoms with Crippen LogP contribution in [0.25, 0.3) is 10.8 Å². The summed E-state index contributed by atoms with van der Waals surface area (Å²) in [7, 11) is -12.5. The Morgan fingerprint density at radius 3 is 1.40 bits per heavy atom. The minimum absolute atomic E-state index is 0.00963. The van der Waals surface area contributed by atoms with E-state index in [1.54, 1.807) is 31.2 Å². The van der Waals surface area contributed by atoms with E-state index in [1.165, 1.54) is 76.1 Å². The first kappa shape index (κ1) is 118. The highest BCUT2D eigenvalue weighted by atomic mass is 32.2. The largest absolute Gasteiger partial charge is 0.537 e. The van der Waals surface area contributed by atoms with E-state index in [1.807, 2.05) is 32.0 Å². The molecule has 0 bridgehead atoms. The fourth-order valence-corrected chi connectivity index (χ4v) is 17.9. The zero-order chi connectivity index (χ0) is 99.2. The van der Waals surface area contributed by atoms with Crippen molar-refractivity contribution >= 4 is 89.4 Å². The summed E-state index contributed by atoms with van der Waals surface area (Å²) in [4.78, 5) is 122. The van der Waals surface area contributed by atoms with Gasteiger partial charge in [-0.15, -0.1) is 0 Å². The van der Waals surface area contributed by atoms with Gasteiger partial charge in [-0.05, 0) is 277 Å². The number of phosphoric ester groups is 2. The second-order valence-corrected chi connectivity index (χ2v) is 40.2. The molecule has 0 radical (unpaired) electrons. The third kappa shape index (κ3) is 45.7. The topological polar surface area (TPSA) is 477 Å². The van der Waals surface area contributed by atoms with Crippen LogP contribution in [0.4, 0.5) is 5.69 Å². The van der Waals surface area contributed by atoms with Crippen LogP contribution in [0.1, 0.15) is 278 Å². The number of ketones is 1. The van der Waals surface area contributed by atoms with Gasteiger partial charge in [0.15, 0.2) is 23.7 Å². The highest BCUT2D eigenvalue weighted by molar-refractivity contribution is 7.89. The SMILES string of the molecule is CC(=O)N[C@](C)(C(=O)C(C)O[C@@H]1[C@@H](N)[C@@H](O)O[C@H](CO)[C@H]1O)C(=N[C@@H](CCC(=O)N[C@@H](CCCCNS(=O)(=O)c1cccc2c(N(C)C)cccc12)C(=O)N[C@H](C)C(=O)N[C@H](C)C(=O)O)C(=O)O)OP(=O)(O)OP(=O)(O)OC/C=C(\C)CC/C=C(\C)CC/C=C(\C)CC/C=C(\C)CC/C=C(\C)CC/C=C(\C)CC/C=C(\C)CC/C=C(\C)CC/C=C(\C)CC/C=C(\C)CCC=C(C)C. The number of ether oxygens (including phenoxy) is 2. The van der Waals surface area contributed by atoms with E-state index >= 15 is 0 Å². The maximum Gasteiger partial charge on any atom is 0.537 e. The third-order valence-corrected chi connectivity index (χ3v) is 26.7. The average Bonchev–Trinajstić information content (AvgIpc) is 0.778. The van der Waals surface area contributed by atoms with Crippen LogP contribution in [0.15, 0.2) is 174 Å². The maximum absolute atomic E-state index is 14.9. The number of aliphatic imine (C=N–C) groups is 1. The molecule has 1 aliphatic heterocycles. The van der Waals surface area contributed by atoms with Crippen LogP contribution < -0.4 is 36.6 Å². The molecular weight excluding hydrogens is 1750 g/mol. The minimum atomic E-state index is -6.25. The Bertz CT molecular complexity index is 4750. The Balaban J connectivity index is 1.67. The van der Waals surface area contributed by atoms with Crippen molar-refractivity contribution < 1.29 is 109 Å². The first-order valence-corrected chi connectivity index (χ1v) is 50.3. The van der Waals surface area contributed by atoms with E-state index in [0.29, 0.717) is 29.2 Å². The summed E-state index contributed by atoms with van der Waals surface area (Å²) in [5, 5.41) is 61.9. The molecule has 132 heavy (non-hydrogen) atoms. The standard InChI is InChI=1S/C98H154N8O23P2S/c1-65(2)34-22-35-66(3)36-23-37-67(4)38-24-39-68(5)40-25-41-69(6)42-26-43-70(7)44-27-45-71(8)46-28-47-72(9)48-29-49-73(10)50-30-51-74(11)52-31-53-75(12)61-63-125-130(119,120)129-131(121,122)128-97(98(17,105-79(16)108)91(111)78(15)126-90-88(99)96(118)127-85(64-107)89(90)110)104-83(95(116)117)59-60-87(109)103-82(93(113)101-76(13)92(112)102-77(14)94(114)115)56-20-21-62-100-132(123,124)86-58-33-54-80-81(86)55-32-57-84(80)106(18)19/h32-34,36,38,40,42,44,46,48,50,52,54-55,57-58,61,76-78,82-83,85,88-90,96,100,107,110,118H,20-31,35,37,39,41,43,45,47,49,51,53,56,59-60,62-64,99H2,1-19H3,(H,101,113)(H,102,112)(H,103,109)(H,105,108)(H,114,115)(H,116,117)(H,119,120)(H,121,122)/b66-36+,67-38+,68-40+,69-42+,70-44+,71-46+,72-48+,73-50+,74-52+,75-61+,104-97?/t76-,77-,78?,82+,83+,85-,88-,89-,90-,96+,98-/m1/s1. The summed E-state index contributed by atoms with van der Waals surface area (Å²) < 4.78 is 83.6. The van der Waals surface area contributed by atoms with Crippen molar-refractivity contribution in [1.29, 1.82) is 0 Å². The van der Waals surface area contributed by atoms with Gasteiger partial charge in [0.2, 0.25) is 39.5 Å². The molecule has 2 aromatic carbocycles.